The van der Waals surface area contributed by atoms with Crippen LogP contribution in [0.25, 0.3) is 61.7 Å². The van der Waals surface area contributed by atoms with Crippen LogP contribution in [0.2, 0.25) is 0 Å². The van der Waals surface area contributed by atoms with E-state index < -0.39 is 0 Å². The van der Waals surface area contributed by atoms with Crippen molar-refractivity contribution >= 4 is 21.8 Å². The van der Waals surface area contributed by atoms with Crippen molar-refractivity contribution < 1.29 is 0 Å². The normalized spacial score (nSPS) is 16.1. The van der Waals surface area contributed by atoms with Crippen LogP contribution in [0.4, 0.5) is 0 Å². The molecule has 46 heavy (non-hydrogen) atoms. The summed E-state index contributed by atoms with van der Waals surface area (Å²) in [7, 11) is 0. The van der Waals surface area contributed by atoms with E-state index in [0.717, 1.165) is 22.4 Å². The second-order valence-corrected chi connectivity index (χ2v) is 14.2. The molecule has 0 radical (unpaired) electrons. The van der Waals surface area contributed by atoms with Gasteiger partial charge in [0.1, 0.15) is 0 Å². The number of rotatable bonds is 4. The van der Waals surface area contributed by atoms with E-state index >= 15 is 0 Å². The summed E-state index contributed by atoms with van der Waals surface area (Å²) in [6, 6.07) is 42.6. The van der Waals surface area contributed by atoms with Crippen LogP contribution < -0.4 is 0 Å². The lowest BCUT2D eigenvalue weighted by molar-refractivity contribution is 0.125. The molecule has 1 aliphatic rings. The first-order chi connectivity index (χ1) is 22.1. The van der Waals surface area contributed by atoms with E-state index in [2.05, 4.69) is 131 Å². The van der Waals surface area contributed by atoms with E-state index in [1.54, 1.807) is 0 Å². The molecular formula is C42H38N4. The van der Waals surface area contributed by atoms with Crippen molar-refractivity contribution in [2.45, 2.75) is 52.4 Å². The Bertz CT molecular complexity index is 2200. The number of benzene rings is 5. The molecule has 0 fully saturated rings. The summed E-state index contributed by atoms with van der Waals surface area (Å²) in [5.74, 6) is 2.00. The minimum Gasteiger partial charge on any atom is -0.309 e. The summed E-state index contributed by atoms with van der Waals surface area (Å²) >= 11 is 0. The van der Waals surface area contributed by atoms with E-state index in [1.165, 1.54) is 32.9 Å². The summed E-state index contributed by atoms with van der Waals surface area (Å²) in [5, 5.41) is 2.45. The van der Waals surface area contributed by atoms with Crippen LogP contribution >= 0.6 is 0 Å². The SMILES string of the molecule is CC1(C)c2cc3c4cc(-c5nc(-c6ccccc6)nc(-c6ccccc6)n5)ccc4n(-c4ccccc4)c3cc2C(C)(C)C1(C)C. The van der Waals surface area contributed by atoms with Gasteiger partial charge in [-0.05, 0) is 69.8 Å². The number of aromatic nitrogens is 4. The maximum absolute atomic E-state index is 5.04. The monoisotopic (exact) mass is 598 g/mol. The standard InChI is InChI=1S/C42H38N4/c1-40(2)33-25-32-31-24-29(39-44-37(27-16-10-7-11-17-27)43-38(45-39)28-18-12-8-13-19-28)22-23-35(31)46(30-20-14-9-15-21-30)36(32)26-34(33)41(3,4)42(40,5)6/h7-26H,1-6H3. The van der Waals surface area contributed by atoms with E-state index in [1.807, 2.05) is 36.4 Å². The smallest absolute Gasteiger partial charge is 0.164 e. The lowest BCUT2D eigenvalue weighted by Gasteiger charge is -2.44. The molecule has 2 heterocycles. The Labute approximate surface area is 270 Å². The Morgan fingerprint density at radius 2 is 0.891 bits per heavy atom. The predicted molar refractivity (Wildman–Crippen MR) is 190 cm³/mol. The first-order valence-corrected chi connectivity index (χ1v) is 16.1. The van der Waals surface area contributed by atoms with E-state index in [0.29, 0.717) is 17.5 Å². The molecule has 0 spiro atoms. The van der Waals surface area contributed by atoms with Crippen LogP contribution in [0, 0.1) is 5.41 Å². The average molecular weight is 599 g/mol. The van der Waals surface area contributed by atoms with Crippen LogP contribution in [-0.2, 0) is 10.8 Å². The zero-order valence-electron chi connectivity index (χ0n) is 27.3. The number of para-hydroxylation sites is 1. The summed E-state index contributed by atoms with van der Waals surface area (Å²) in [6.45, 7) is 14.5. The third-order valence-electron chi connectivity index (χ3n) is 11.3. The summed E-state index contributed by atoms with van der Waals surface area (Å²) in [4.78, 5) is 15.0. The third kappa shape index (κ3) is 4.02. The molecule has 0 N–H and O–H groups in total. The first-order valence-electron chi connectivity index (χ1n) is 16.1. The molecule has 0 unspecified atom stereocenters. The molecule has 4 heteroatoms. The van der Waals surface area contributed by atoms with Crippen molar-refractivity contribution in [1.82, 2.24) is 19.5 Å². The van der Waals surface area contributed by atoms with Crippen LogP contribution in [0.3, 0.4) is 0 Å². The van der Waals surface area contributed by atoms with Gasteiger partial charge in [0.2, 0.25) is 0 Å². The second kappa shape index (κ2) is 9.95. The molecule has 0 atom stereocenters. The van der Waals surface area contributed by atoms with Gasteiger partial charge >= 0.3 is 0 Å². The summed E-state index contributed by atoms with van der Waals surface area (Å²) < 4.78 is 2.42. The van der Waals surface area contributed by atoms with Gasteiger partial charge in [-0.15, -0.1) is 0 Å². The molecule has 8 rings (SSSR count). The average Bonchev–Trinajstić information content (AvgIpc) is 3.45. The maximum atomic E-state index is 5.04. The molecule has 0 bridgehead atoms. The topological polar surface area (TPSA) is 43.6 Å². The minimum atomic E-state index is 0.00217. The van der Waals surface area contributed by atoms with Crippen LogP contribution in [0.1, 0.15) is 52.7 Å². The van der Waals surface area contributed by atoms with Gasteiger partial charge in [-0.2, -0.15) is 0 Å². The number of nitrogens with zero attached hydrogens (tertiary/aromatic N) is 4. The Balaban J connectivity index is 1.41. The lowest BCUT2D eigenvalue weighted by Crippen LogP contribution is -2.42. The van der Waals surface area contributed by atoms with Crippen LogP contribution in [0.5, 0.6) is 0 Å². The van der Waals surface area contributed by atoms with Gasteiger partial charge in [-0.1, -0.05) is 120 Å². The fraction of sp³-hybridized carbons (Fsp3) is 0.214. The Hall–Kier alpha value is -5.09. The van der Waals surface area contributed by atoms with Crippen molar-refractivity contribution in [3.8, 4) is 39.9 Å². The van der Waals surface area contributed by atoms with Gasteiger partial charge in [-0.3, -0.25) is 0 Å². The van der Waals surface area contributed by atoms with Gasteiger partial charge in [0.25, 0.3) is 0 Å². The minimum absolute atomic E-state index is 0.00217. The van der Waals surface area contributed by atoms with Gasteiger partial charge in [-0.25, -0.2) is 15.0 Å². The van der Waals surface area contributed by atoms with Crippen molar-refractivity contribution in [2.75, 3.05) is 0 Å². The van der Waals surface area contributed by atoms with Gasteiger partial charge in [0, 0.05) is 33.2 Å². The molecule has 226 valence electrons. The summed E-state index contributed by atoms with van der Waals surface area (Å²) in [6.07, 6.45) is 0. The molecule has 0 aliphatic heterocycles. The van der Waals surface area contributed by atoms with Crippen molar-refractivity contribution in [2.24, 2.45) is 5.41 Å². The molecular weight excluding hydrogens is 560 g/mol. The molecule has 0 amide bonds. The van der Waals surface area contributed by atoms with Gasteiger partial charge in [0.15, 0.2) is 17.5 Å². The van der Waals surface area contributed by atoms with Crippen molar-refractivity contribution in [3.63, 3.8) is 0 Å². The van der Waals surface area contributed by atoms with Crippen LogP contribution in [-0.4, -0.2) is 19.5 Å². The number of hydrogen-bond acceptors (Lipinski definition) is 3. The number of hydrogen-bond donors (Lipinski definition) is 0. The highest BCUT2D eigenvalue weighted by molar-refractivity contribution is 6.11. The Morgan fingerprint density at radius 1 is 0.435 bits per heavy atom. The molecule has 7 aromatic rings. The zero-order valence-corrected chi connectivity index (χ0v) is 27.3. The molecule has 1 aliphatic carbocycles. The Kier molecular flexibility index (Phi) is 6.14. The van der Waals surface area contributed by atoms with Crippen LogP contribution in [0.15, 0.2) is 121 Å². The largest absolute Gasteiger partial charge is 0.309 e. The Morgan fingerprint density at radius 3 is 1.43 bits per heavy atom. The zero-order chi connectivity index (χ0) is 31.8. The van der Waals surface area contributed by atoms with Crippen molar-refractivity contribution in [3.05, 3.63) is 132 Å². The predicted octanol–water partition coefficient (Wildman–Crippen LogP) is 10.6. The highest BCUT2D eigenvalue weighted by Gasteiger charge is 2.57. The van der Waals surface area contributed by atoms with E-state index in [-0.39, 0.29) is 16.2 Å². The second-order valence-electron chi connectivity index (χ2n) is 14.2. The third-order valence-corrected chi connectivity index (χ3v) is 11.3. The number of fused-ring (bicyclic) bond motifs is 4. The quantitative estimate of drug-likeness (QED) is 0.202. The summed E-state index contributed by atoms with van der Waals surface area (Å²) in [5.41, 5.74) is 9.41. The molecule has 0 saturated heterocycles. The first kappa shape index (κ1) is 28.4. The van der Waals surface area contributed by atoms with Gasteiger partial charge < -0.3 is 4.57 Å². The van der Waals surface area contributed by atoms with E-state index in [4.69, 9.17) is 15.0 Å². The van der Waals surface area contributed by atoms with E-state index in [9.17, 15) is 0 Å². The molecule has 0 saturated carbocycles. The molecule has 4 nitrogen and oxygen atoms in total. The van der Waals surface area contributed by atoms with Crippen molar-refractivity contribution in [1.29, 1.82) is 0 Å². The highest BCUT2D eigenvalue weighted by atomic mass is 15.0. The molecule has 2 aromatic heterocycles. The maximum Gasteiger partial charge on any atom is 0.164 e. The molecule has 5 aromatic carbocycles. The fourth-order valence-corrected chi connectivity index (χ4v) is 7.49. The highest BCUT2D eigenvalue weighted by Crippen LogP contribution is 2.62. The lowest BCUT2D eigenvalue weighted by atomic mass is 9.59. The van der Waals surface area contributed by atoms with Gasteiger partial charge in [0.05, 0.1) is 11.0 Å². The fourth-order valence-electron chi connectivity index (χ4n) is 7.49.